The van der Waals surface area contributed by atoms with Crippen LogP contribution in [-0.2, 0) is 4.79 Å². The molecule has 1 N–H and O–H groups in total. The summed E-state index contributed by atoms with van der Waals surface area (Å²) in [4.78, 5) is 16.4. The molecule has 1 saturated carbocycles. The Labute approximate surface area is 104 Å². The first-order valence-corrected chi connectivity index (χ1v) is 6.91. The van der Waals surface area contributed by atoms with Crippen molar-refractivity contribution in [2.75, 3.05) is 39.8 Å². The molecule has 0 radical (unpaired) electrons. The van der Waals surface area contributed by atoms with E-state index in [0.29, 0.717) is 18.5 Å². The third-order valence-corrected chi connectivity index (χ3v) is 4.00. The zero-order chi connectivity index (χ0) is 12.3. The number of nitrogens with zero attached hydrogens (tertiary/aromatic N) is 2. The van der Waals surface area contributed by atoms with Crippen molar-refractivity contribution in [1.29, 1.82) is 0 Å². The van der Waals surface area contributed by atoms with Crippen molar-refractivity contribution in [1.82, 2.24) is 15.1 Å². The molecule has 0 aromatic carbocycles. The van der Waals surface area contributed by atoms with Gasteiger partial charge in [0, 0.05) is 32.2 Å². The summed E-state index contributed by atoms with van der Waals surface area (Å²) in [7, 11) is 2.10. The second-order valence-corrected chi connectivity index (χ2v) is 5.36. The van der Waals surface area contributed by atoms with Gasteiger partial charge in [-0.25, -0.2) is 0 Å². The van der Waals surface area contributed by atoms with E-state index in [1.165, 1.54) is 12.8 Å². The van der Waals surface area contributed by atoms with Gasteiger partial charge in [0.25, 0.3) is 0 Å². The second kappa shape index (κ2) is 5.83. The molecule has 98 valence electrons. The first kappa shape index (κ1) is 12.8. The van der Waals surface area contributed by atoms with E-state index in [0.717, 1.165) is 38.5 Å². The molecule has 17 heavy (non-hydrogen) atoms. The quantitative estimate of drug-likeness (QED) is 0.760. The van der Waals surface area contributed by atoms with Crippen LogP contribution in [0.5, 0.6) is 0 Å². The molecule has 0 aromatic rings. The summed E-state index contributed by atoms with van der Waals surface area (Å²) in [5.41, 5.74) is 0. The largest absolute Gasteiger partial charge is 0.339 e. The van der Waals surface area contributed by atoms with Crippen LogP contribution in [0.4, 0.5) is 0 Å². The molecular formula is C13H25N3O. The van der Waals surface area contributed by atoms with Crippen LogP contribution in [0.15, 0.2) is 0 Å². The monoisotopic (exact) mass is 239 g/mol. The second-order valence-electron chi connectivity index (χ2n) is 5.36. The van der Waals surface area contributed by atoms with Gasteiger partial charge in [-0.2, -0.15) is 0 Å². The Balaban J connectivity index is 1.79. The Morgan fingerprint density at radius 3 is 2.59 bits per heavy atom. The van der Waals surface area contributed by atoms with Gasteiger partial charge in [0.15, 0.2) is 0 Å². The minimum Gasteiger partial charge on any atom is -0.339 e. The molecule has 0 aromatic heterocycles. The first-order chi connectivity index (χ1) is 8.22. The van der Waals surface area contributed by atoms with Crippen molar-refractivity contribution in [2.24, 2.45) is 5.92 Å². The lowest BCUT2D eigenvalue weighted by Crippen LogP contribution is -2.50. The van der Waals surface area contributed by atoms with Crippen LogP contribution in [0.25, 0.3) is 0 Å². The third kappa shape index (κ3) is 3.42. The topological polar surface area (TPSA) is 35.6 Å². The van der Waals surface area contributed by atoms with Gasteiger partial charge in [0.2, 0.25) is 5.91 Å². The van der Waals surface area contributed by atoms with Gasteiger partial charge in [-0.15, -0.1) is 0 Å². The van der Waals surface area contributed by atoms with Gasteiger partial charge < -0.3 is 10.2 Å². The zero-order valence-electron chi connectivity index (χ0n) is 11.1. The van der Waals surface area contributed by atoms with E-state index in [1.54, 1.807) is 0 Å². The SMILES string of the molecule is CCC(C1CC1)N(C)CC(=O)N1CCNCC1. The van der Waals surface area contributed by atoms with Crippen molar-refractivity contribution in [3.63, 3.8) is 0 Å². The van der Waals surface area contributed by atoms with Gasteiger partial charge in [0.05, 0.1) is 6.54 Å². The summed E-state index contributed by atoms with van der Waals surface area (Å²) in [5.74, 6) is 1.15. The number of carbonyl (C=O) groups is 1. The average molecular weight is 239 g/mol. The smallest absolute Gasteiger partial charge is 0.236 e. The van der Waals surface area contributed by atoms with E-state index in [1.807, 2.05) is 4.90 Å². The molecule has 4 nitrogen and oxygen atoms in total. The Kier molecular flexibility index (Phi) is 4.40. The number of nitrogens with one attached hydrogen (secondary N) is 1. The van der Waals surface area contributed by atoms with Crippen LogP contribution in [0.2, 0.25) is 0 Å². The van der Waals surface area contributed by atoms with Crippen LogP contribution < -0.4 is 5.32 Å². The summed E-state index contributed by atoms with van der Waals surface area (Å²) in [5, 5.41) is 3.28. The van der Waals surface area contributed by atoms with Gasteiger partial charge in [0.1, 0.15) is 0 Å². The van der Waals surface area contributed by atoms with Crippen molar-refractivity contribution in [2.45, 2.75) is 32.2 Å². The van der Waals surface area contributed by atoms with E-state index in [4.69, 9.17) is 0 Å². The lowest BCUT2D eigenvalue weighted by atomic mass is 10.1. The van der Waals surface area contributed by atoms with E-state index in [9.17, 15) is 4.79 Å². The van der Waals surface area contributed by atoms with Crippen LogP contribution in [0.3, 0.4) is 0 Å². The van der Waals surface area contributed by atoms with Crippen molar-refractivity contribution >= 4 is 5.91 Å². The molecule has 1 atom stereocenters. The fraction of sp³-hybridized carbons (Fsp3) is 0.923. The zero-order valence-corrected chi connectivity index (χ0v) is 11.1. The number of likely N-dealkylation sites (N-methyl/N-ethyl adjacent to an activating group) is 1. The number of hydrogen-bond donors (Lipinski definition) is 1. The minimum atomic E-state index is 0.299. The maximum absolute atomic E-state index is 12.1. The first-order valence-electron chi connectivity index (χ1n) is 6.91. The molecule has 0 bridgehead atoms. The Hall–Kier alpha value is -0.610. The minimum absolute atomic E-state index is 0.299. The number of piperazine rings is 1. The number of amides is 1. The Morgan fingerprint density at radius 1 is 1.41 bits per heavy atom. The van der Waals surface area contributed by atoms with E-state index < -0.39 is 0 Å². The van der Waals surface area contributed by atoms with E-state index in [2.05, 4.69) is 24.2 Å². The van der Waals surface area contributed by atoms with Crippen LogP contribution >= 0.6 is 0 Å². The molecule has 0 spiro atoms. The highest BCUT2D eigenvalue weighted by molar-refractivity contribution is 5.78. The van der Waals surface area contributed by atoms with Crippen molar-refractivity contribution in [3.8, 4) is 0 Å². The Bertz CT molecular complexity index is 259. The maximum atomic E-state index is 12.1. The maximum Gasteiger partial charge on any atom is 0.236 e. The molecule has 2 aliphatic rings. The molecule has 1 saturated heterocycles. The molecule has 1 amide bonds. The third-order valence-electron chi connectivity index (χ3n) is 4.00. The number of hydrogen-bond acceptors (Lipinski definition) is 3. The lowest BCUT2D eigenvalue weighted by Gasteiger charge is -2.32. The molecule has 4 heteroatoms. The molecular weight excluding hydrogens is 214 g/mol. The van der Waals surface area contributed by atoms with E-state index in [-0.39, 0.29) is 0 Å². The van der Waals surface area contributed by atoms with Gasteiger partial charge in [-0.05, 0) is 32.2 Å². The summed E-state index contributed by atoms with van der Waals surface area (Å²) in [6.45, 7) is 6.44. The summed E-state index contributed by atoms with van der Waals surface area (Å²) < 4.78 is 0. The summed E-state index contributed by atoms with van der Waals surface area (Å²) in [6.07, 6.45) is 3.87. The lowest BCUT2D eigenvalue weighted by molar-refractivity contribution is -0.133. The molecule has 1 aliphatic heterocycles. The normalized spacial score (nSPS) is 22.9. The molecule has 2 rings (SSSR count). The average Bonchev–Trinajstić information content (AvgIpc) is 3.15. The van der Waals surface area contributed by atoms with E-state index >= 15 is 0 Å². The van der Waals surface area contributed by atoms with Gasteiger partial charge >= 0.3 is 0 Å². The molecule has 1 heterocycles. The highest BCUT2D eigenvalue weighted by Crippen LogP contribution is 2.36. The Morgan fingerprint density at radius 2 is 2.06 bits per heavy atom. The number of rotatable bonds is 5. The predicted octanol–water partition coefficient (Wildman–Crippen LogP) is 0.539. The molecule has 1 unspecified atom stereocenters. The highest BCUT2D eigenvalue weighted by Gasteiger charge is 2.33. The number of carbonyl (C=O) groups excluding carboxylic acids is 1. The predicted molar refractivity (Wildman–Crippen MR) is 68.9 cm³/mol. The highest BCUT2D eigenvalue weighted by atomic mass is 16.2. The fourth-order valence-corrected chi connectivity index (χ4v) is 2.83. The fourth-order valence-electron chi connectivity index (χ4n) is 2.83. The van der Waals surface area contributed by atoms with Crippen molar-refractivity contribution < 1.29 is 4.79 Å². The summed E-state index contributed by atoms with van der Waals surface area (Å²) in [6, 6.07) is 0.613. The van der Waals surface area contributed by atoms with Gasteiger partial charge in [-0.3, -0.25) is 9.69 Å². The van der Waals surface area contributed by atoms with Crippen molar-refractivity contribution in [3.05, 3.63) is 0 Å². The van der Waals surface area contributed by atoms with Gasteiger partial charge in [-0.1, -0.05) is 6.92 Å². The van der Waals surface area contributed by atoms with Crippen LogP contribution in [0, 0.1) is 5.92 Å². The molecule has 2 fully saturated rings. The summed E-state index contributed by atoms with van der Waals surface area (Å²) >= 11 is 0. The standard InChI is InChI=1S/C13H25N3O/c1-3-12(11-4-5-11)15(2)10-13(17)16-8-6-14-7-9-16/h11-12,14H,3-10H2,1-2H3. The van der Waals surface area contributed by atoms with Crippen LogP contribution in [-0.4, -0.2) is 61.5 Å². The van der Waals surface area contributed by atoms with Crippen LogP contribution in [0.1, 0.15) is 26.2 Å². The molecule has 1 aliphatic carbocycles.